The molecule has 4 aromatic rings. The van der Waals surface area contributed by atoms with Gasteiger partial charge in [0.25, 0.3) is 5.56 Å². The van der Waals surface area contributed by atoms with Crippen LogP contribution >= 0.6 is 11.3 Å². The van der Waals surface area contributed by atoms with Gasteiger partial charge >= 0.3 is 6.09 Å². The highest BCUT2D eigenvalue weighted by molar-refractivity contribution is 7.16. The van der Waals surface area contributed by atoms with Crippen molar-refractivity contribution >= 4 is 44.5 Å². The van der Waals surface area contributed by atoms with Crippen LogP contribution in [0.1, 0.15) is 32.5 Å². The van der Waals surface area contributed by atoms with Gasteiger partial charge in [-0.2, -0.15) is 0 Å². The van der Waals surface area contributed by atoms with Crippen molar-refractivity contribution in [1.29, 1.82) is 0 Å². The number of ether oxygens (including phenoxy) is 1. The molecule has 0 saturated carbocycles. The monoisotopic (exact) mass is 479 g/mol. The molecule has 4 aromatic heterocycles. The number of aromatic amines is 2. The van der Waals surface area contributed by atoms with E-state index in [9.17, 15) is 9.59 Å². The average Bonchev–Trinajstić information content (AvgIpc) is 3.31. The predicted molar refractivity (Wildman–Crippen MR) is 131 cm³/mol. The van der Waals surface area contributed by atoms with E-state index in [1.165, 1.54) is 11.3 Å². The van der Waals surface area contributed by atoms with Crippen molar-refractivity contribution in [2.24, 2.45) is 5.41 Å². The van der Waals surface area contributed by atoms with E-state index in [0.29, 0.717) is 34.8 Å². The molecular formula is C23H25N7O3S. The number of imidazole rings is 1. The van der Waals surface area contributed by atoms with Crippen molar-refractivity contribution in [3.8, 4) is 11.4 Å². The van der Waals surface area contributed by atoms with Crippen LogP contribution in [0.15, 0.2) is 28.4 Å². The second-order valence-corrected chi connectivity index (χ2v) is 11.0. The number of nitrogen functional groups attached to an aromatic ring is 1. The minimum absolute atomic E-state index is 0.0533. The zero-order valence-electron chi connectivity index (χ0n) is 19.1. The number of thiophene rings is 1. The maximum atomic E-state index is 12.8. The summed E-state index contributed by atoms with van der Waals surface area (Å²) in [5, 5.41) is 5.99. The number of nitrogens with zero attached hydrogens (tertiary/aromatic N) is 3. The Balaban J connectivity index is 1.39. The van der Waals surface area contributed by atoms with Crippen LogP contribution in [-0.2, 0) is 4.74 Å². The molecule has 0 radical (unpaired) electrons. The summed E-state index contributed by atoms with van der Waals surface area (Å²) in [6.45, 7) is 7.83. The van der Waals surface area contributed by atoms with E-state index in [4.69, 9.17) is 15.5 Å². The fourth-order valence-corrected chi connectivity index (χ4v) is 5.70. The highest BCUT2D eigenvalue weighted by Gasteiger charge is 2.60. The normalized spacial score (nSPS) is 19.4. The summed E-state index contributed by atoms with van der Waals surface area (Å²) in [6.07, 6.45) is -0.344. The van der Waals surface area contributed by atoms with E-state index in [2.05, 4.69) is 20.3 Å². The largest absolute Gasteiger partial charge is 0.444 e. The number of rotatable bonds is 2. The number of carbonyl (C=O) groups excluding carboxylic acids is 1. The molecule has 1 atom stereocenters. The smallest absolute Gasteiger partial charge is 0.410 e. The maximum Gasteiger partial charge on any atom is 0.410 e. The second-order valence-electron chi connectivity index (χ2n) is 10.1. The van der Waals surface area contributed by atoms with Crippen LogP contribution in [0.2, 0.25) is 0 Å². The molecule has 1 unspecified atom stereocenters. The Morgan fingerprint density at radius 2 is 2.03 bits per heavy atom. The number of nitrogens with one attached hydrogen (secondary N) is 3. The Morgan fingerprint density at radius 3 is 2.74 bits per heavy atom. The molecule has 0 aliphatic carbocycles. The highest BCUT2D eigenvalue weighted by atomic mass is 32.1. The summed E-state index contributed by atoms with van der Waals surface area (Å²) in [4.78, 5) is 43.5. The molecule has 0 bridgehead atoms. The van der Waals surface area contributed by atoms with Crippen molar-refractivity contribution in [2.75, 3.05) is 25.4 Å². The first-order valence-electron chi connectivity index (χ1n) is 11.1. The van der Waals surface area contributed by atoms with Crippen molar-refractivity contribution in [3.63, 3.8) is 0 Å². The van der Waals surface area contributed by atoms with Gasteiger partial charge in [-0.3, -0.25) is 9.69 Å². The average molecular weight is 480 g/mol. The SMILES string of the molecule is CC(C)(C)OC(=O)N1CC2(CNC2)C1c1ccc2[nH]c(-c3c(N)c4ccsc4[nH]c3=O)nc2n1. The van der Waals surface area contributed by atoms with E-state index in [0.717, 1.165) is 29.0 Å². The third-order valence-corrected chi connectivity index (χ3v) is 7.35. The molecule has 10 nitrogen and oxygen atoms in total. The standard InChI is InChI=1S/C23H25N7O3S/c1-22(2,3)33-21(32)30-10-23(8-25-9-23)16(30)12-4-5-13-17(26-12)28-18(27-13)14-15(24)11-6-7-34-20(11)29-19(14)31/h4-7,16,25H,8-10H2,1-3H3,(H3,24,29,31)(H,26,27,28). The van der Waals surface area contributed by atoms with E-state index in [1.807, 2.05) is 44.4 Å². The minimum Gasteiger partial charge on any atom is -0.444 e. The van der Waals surface area contributed by atoms with Gasteiger partial charge in [-0.15, -0.1) is 11.3 Å². The summed E-state index contributed by atoms with van der Waals surface area (Å²) in [5.74, 6) is 0.365. The molecule has 2 saturated heterocycles. The summed E-state index contributed by atoms with van der Waals surface area (Å²) < 4.78 is 5.63. The lowest BCUT2D eigenvalue weighted by Gasteiger charge is -2.61. The molecule has 2 aliphatic heterocycles. The van der Waals surface area contributed by atoms with Crippen LogP contribution < -0.4 is 16.6 Å². The first-order chi connectivity index (χ1) is 16.2. The Hall–Kier alpha value is -3.44. The quantitative estimate of drug-likeness (QED) is 0.346. The molecule has 34 heavy (non-hydrogen) atoms. The van der Waals surface area contributed by atoms with Crippen LogP contribution in [-0.4, -0.2) is 56.2 Å². The van der Waals surface area contributed by atoms with Gasteiger partial charge in [0.1, 0.15) is 21.8 Å². The van der Waals surface area contributed by atoms with Gasteiger partial charge < -0.3 is 25.8 Å². The van der Waals surface area contributed by atoms with Gasteiger partial charge in [0.15, 0.2) is 5.65 Å². The van der Waals surface area contributed by atoms with Crippen LogP contribution in [0.3, 0.4) is 0 Å². The number of amides is 1. The molecule has 176 valence electrons. The fourth-order valence-electron chi connectivity index (χ4n) is 4.90. The van der Waals surface area contributed by atoms with Crippen molar-refractivity contribution in [1.82, 2.24) is 30.2 Å². The first kappa shape index (κ1) is 21.1. The van der Waals surface area contributed by atoms with Crippen LogP contribution in [0, 0.1) is 5.41 Å². The molecule has 11 heteroatoms. The zero-order chi connectivity index (χ0) is 23.8. The van der Waals surface area contributed by atoms with Crippen molar-refractivity contribution < 1.29 is 9.53 Å². The molecule has 2 fully saturated rings. The third kappa shape index (κ3) is 3.11. The van der Waals surface area contributed by atoms with E-state index < -0.39 is 5.60 Å². The van der Waals surface area contributed by atoms with Gasteiger partial charge in [0.05, 0.1) is 22.9 Å². The number of H-pyrrole nitrogens is 2. The topological polar surface area (TPSA) is 142 Å². The molecular weight excluding hydrogens is 454 g/mol. The van der Waals surface area contributed by atoms with Gasteiger partial charge in [-0.25, -0.2) is 14.8 Å². The molecule has 6 rings (SSSR count). The number of anilines is 1. The predicted octanol–water partition coefficient (Wildman–Crippen LogP) is 2.99. The number of likely N-dealkylation sites (tertiary alicyclic amines) is 1. The molecule has 5 N–H and O–H groups in total. The second kappa shape index (κ2) is 7.03. The summed E-state index contributed by atoms with van der Waals surface area (Å²) in [6, 6.07) is 5.46. The lowest BCUT2D eigenvalue weighted by atomic mass is 9.66. The number of pyridine rings is 2. The fraction of sp³-hybridized carbons (Fsp3) is 0.391. The van der Waals surface area contributed by atoms with E-state index in [1.54, 1.807) is 4.90 Å². The minimum atomic E-state index is -0.576. The lowest BCUT2D eigenvalue weighted by molar-refractivity contribution is -0.110. The molecule has 1 amide bonds. The van der Waals surface area contributed by atoms with Crippen molar-refractivity contribution in [2.45, 2.75) is 32.4 Å². The van der Waals surface area contributed by atoms with Crippen LogP contribution in [0.4, 0.5) is 10.5 Å². The Kier molecular flexibility index (Phi) is 4.37. The molecule has 0 aromatic carbocycles. The summed E-state index contributed by atoms with van der Waals surface area (Å²) in [7, 11) is 0. The zero-order valence-corrected chi connectivity index (χ0v) is 19.9. The third-order valence-electron chi connectivity index (χ3n) is 6.52. The van der Waals surface area contributed by atoms with E-state index >= 15 is 0 Å². The number of carbonyl (C=O) groups is 1. The summed E-state index contributed by atoms with van der Waals surface area (Å²) in [5.41, 5.74) is 7.98. The Labute approximate surface area is 198 Å². The Bertz CT molecular complexity index is 1510. The lowest BCUT2D eigenvalue weighted by Crippen LogP contribution is -2.73. The van der Waals surface area contributed by atoms with E-state index in [-0.39, 0.29) is 23.1 Å². The van der Waals surface area contributed by atoms with Crippen molar-refractivity contribution in [3.05, 3.63) is 39.6 Å². The Morgan fingerprint density at radius 1 is 1.24 bits per heavy atom. The number of nitrogens with two attached hydrogens (primary N) is 1. The molecule has 1 spiro atoms. The van der Waals surface area contributed by atoms with Gasteiger partial charge in [-0.05, 0) is 44.4 Å². The number of aromatic nitrogens is 4. The molecule has 6 heterocycles. The van der Waals surface area contributed by atoms with Gasteiger partial charge in [0.2, 0.25) is 0 Å². The number of fused-ring (bicyclic) bond motifs is 2. The number of hydrogen-bond donors (Lipinski definition) is 4. The number of hydrogen-bond acceptors (Lipinski definition) is 8. The van der Waals surface area contributed by atoms with Crippen LogP contribution in [0.25, 0.3) is 32.8 Å². The molecule has 2 aliphatic rings. The maximum absolute atomic E-state index is 12.8. The summed E-state index contributed by atoms with van der Waals surface area (Å²) >= 11 is 1.43. The van der Waals surface area contributed by atoms with Crippen LogP contribution in [0.5, 0.6) is 0 Å². The first-order valence-corrected chi connectivity index (χ1v) is 12.0. The highest BCUT2D eigenvalue weighted by Crippen LogP contribution is 2.51. The van der Waals surface area contributed by atoms with Gasteiger partial charge in [0, 0.05) is 30.4 Å². The van der Waals surface area contributed by atoms with Gasteiger partial charge in [-0.1, -0.05) is 0 Å².